The molecule has 0 N–H and O–H groups in total. The van der Waals surface area contributed by atoms with Gasteiger partial charge in [0.25, 0.3) is 5.25 Å². The predicted octanol–water partition coefficient (Wildman–Crippen LogP) is 1.96. The first-order valence-corrected chi connectivity index (χ1v) is 2.72. The summed E-state index contributed by atoms with van der Waals surface area (Å²) in [5.41, 5.74) is 0. The smallest absolute Gasteiger partial charge is 0.195 e. The lowest BCUT2D eigenvalue weighted by Crippen LogP contribution is -1.99. The molecule has 3 heteroatoms. The number of halogens is 2. The van der Waals surface area contributed by atoms with Crippen molar-refractivity contribution in [2.45, 2.75) is 12.2 Å². The fourth-order valence-electron chi connectivity index (χ4n) is 0. The summed E-state index contributed by atoms with van der Waals surface area (Å²) in [7, 11) is 0. The van der Waals surface area contributed by atoms with Crippen LogP contribution in [0.2, 0.25) is 0 Å². The zero-order valence-electron chi connectivity index (χ0n) is 3.66. The lowest BCUT2D eigenvalue weighted by Gasteiger charge is -2.01. The highest BCUT2D eigenvalue weighted by molar-refractivity contribution is 7.99. The Bertz CT molecular complexity index is 38.5. The molecule has 0 aromatic rings. The van der Waals surface area contributed by atoms with Gasteiger partial charge in [-0.2, -0.15) is 8.78 Å². The Morgan fingerprint density at radius 2 is 1.67 bits per heavy atom. The quantitative estimate of drug-likeness (QED) is 0.499. The van der Waals surface area contributed by atoms with Crippen LogP contribution in [-0.4, -0.2) is 11.5 Å². The first-order valence-electron chi connectivity index (χ1n) is 1.49. The fraction of sp³-hybridized carbons (Fsp3) is 1.00. The number of alkyl halides is 2. The van der Waals surface area contributed by atoms with E-state index in [0.717, 1.165) is 6.92 Å². The van der Waals surface area contributed by atoms with Crippen LogP contribution in [0.3, 0.4) is 0 Å². The van der Waals surface area contributed by atoms with Crippen LogP contribution in [0.15, 0.2) is 0 Å². The Morgan fingerprint density at radius 1 is 1.50 bits per heavy atom. The minimum atomic E-state index is -2.54. The molecule has 0 unspecified atom stereocenters. The molecule has 6 heavy (non-hydrogen) atoms. The average molecular weight is 112 g/mol. The van der Waals surface area contributed by atoms with E-state index in [1.165, 1.54) is 6.26 Å². The predicted molar refractivity (Wildman–Crippen MR) is 24.1 cm³/mol. The van der Waals surface area contributed by atoms with Crippen molar-refractivity contribution >= 4 is 11.8 Å². The number of rotatable bonds is 1. The maximum Gasteiger partial charge on any atom is 0.290 e. The molecule has 0 nitrogen and oxygen atoms in total. The van der Waals surface area contributed by atoms with Crippen LogP contribution < -0.4 is 0 Å². The molecule has 0 aromatic carbocycles. The summed E-state index contributed by atoms with van der Waals surface area (Å²) in [5, 5.41) is -2.54. The van der Waals surface area contributed by atoms with Crippen LogP contribution in [-0.2, 0) is 0 Å². The first kappa shape index (κ1) is 6.21. The topological polar surface area (TPSA) is 0 Å². The van der Waals surface area contributed by atoms with E-state index in [1.54, 1.807) is 0 Å². The normalized spacial score (nSPS) is 12.0. The van der Waals surface area contributed by atoms with Crippen molar-refractivity contribution in [1.29, 1.82) is 0 Å². The molecule has 0 bridgehead atoms. The third-order valence-electron chi connectivity index (χ3n) is 0.358. The van der Waals surface area contributed by atoms with Crippen molar-refractivity contribution in [2.75, 3.05) is 6.26 Å². The van der Waals surface area contributed by atoms with E-state index < -0.39 is 5.25 Å². The molecular weight excluding hydrogens is 106 g/mol. The number of hydrogen-bond donors (Lipinski definition) is 0. The van der Waals surface area contributed by atoms with E-state index >= 15 is 0 Å². The van der Waals surface area contributed by atoms with Crippen molar-refractivity contribution in [3.05, 3.63) is 0 Å². The summed E-state index contributed by atoms with van der Waals surface area (Å²) in [6, 6.07) is 0. The summed E-state index contributed by atoms with van der Waals surface area (Å²) in [4.78, 5) is 0. The molecule has 0 aliphatic heterocycles. The van der Waals surface area contributed by atoms with Gasteiger partial charge in [-0.15, -0.1) is 0 Å². The summed E-state index contributed by atoms with van der Waals surface area (Å²) < 4.78 is 22.8. The van der Waals surface area contributed by atoms with Crippen molar-refractivity contribution in [3.63, 3.8) is 0 Å². The Morgan fingerprint density at radius 3 is 1.67 bits per heavy atom. The van der Waals surface area contributed by atoms with Crippen molar-refractivity contribution in [1.82, 2.24) is 0 Å². The van der Waals surface area contributed by atoms with Gasteiger partial charge in [0.15, 0.2) is 0 Å². The van der Waals surface area contributed by atoms with Crippen molar-refractivity contribution < 1.29 is 8.78 Å². The Kier molecular flexibility index (Phi) is 1.84. The van der Waals surface area contributed by atoms with Gasteiger partial charge in [0.05, 0.1) is 0 Å². The van der Waals surface area contributed by atoms with Crippen LogP contribution in [0.25, 0.3) is 0 Å². The Hall–Kier alpha value is 0.210. The second-order valence-corrected chi connectivity index (χ2v) is 2.14. The molecule has 0 amide bonds. The van der Waals surface area contributed by atoms with Gasteiger partial charge in [-0.05, 0) is 6.26 Å². The zero-order valence-corrected chi connectivity index (χ0v) is 4.48. The maximum absolute atomic E-state index is 11.4. The highest BCUT2D eigenvalue weighted by atomic mass is 32.2. The highest BCUT2D eigenvalue weighted by Crippen LogP contribution is 2.23. The monoisotopic (exact) mass is 112 g/mol. The second-order valence-electron chi connectivity index (χ2n) is 1.01. The molecule has 0 fully saturated rings. The van der Waals surface area contributed by atoms with Crippen LogP contribution in [0.1, 0.15) is 6.92 Å². The van der Waals surface area contributed by atoms with Gasteiger partial charge >= 0.3 is 0 Å². The standard InChI is InChI=1S/C3H6F2S/c1-3(4,5)6-2/h1-2H3. The van der Waals surface area contributed by atoms with E-state index in [9.17, 15) is 8.78 Å². The van der Waals surface area contributed by atoms with Gasteiger partial charge in [0.2, 0.25) is 0 Å². The minimum absolute atomic E-state index is 0.549. The van der Waals surface area contributed by atoms with E-state index in [2.05, 4.69) is 0 Å². The lowest BCUT2D eigenvalue weighted by atomic mass is 10.9. The average Bonchev–Trinajstić information content (AvgIpc) is 1.35. The van der Waals surface area contributed by atoms with Crippen molar-refractivity contribution in [2.24, 2.45) is 0 Å². The molecule has 0 heterocycles. The SMILES string of the molecule is CSC(C)(F)F. The molecule has 38 valence electrons. The molecule has 0 atom stereocenters. The molecule has 0 aliphatic carbocycles. The molecular formula is C3H6F2S. The molecule has 0 spiro atoms. The molecule has 0 rings (SSSR count). The third kappa shape index (κ3) is 4.21. The molecule has 0 saturated heterocycles. The maximum atomic E-state index is 11.4. The Labute approximate surface area is 39.9 Å². The number of hydrogen-bond acceptors (Lipinski definition) is 1. The van der Waals surface area contributed by atoms with Crippen LogP contribution in [0, 0.1) is 0 Å². The summed E-state index contributed by atoms with van der Waals surface area (Å²) in [5.74, 6) is 0. The second kappa shape index (κ2) is 1.78. The zero-order chi connectivity index (χ0) is 5.21. The molecule has 0 saturated carbocycles. The summed E-state index contributed by atoms with van der Waals surface area (Å²) in [6.07, 6.45) is 1.38. The van der Waals surface area contributed by atoms with Crippen LogP contribution in [0.5, 0.6) is 0 Å². The van der Waals surface area contributed by atoms with Gasteiger partial charge < -0.3 is 0 Å². The lowest BCUT2D eigenvalue weighted by molar-refractivity contribution is 0.129. The van der Waals surface area contributed by atoms with Crippen molar-refractivity contribution in [3.8, 4) is 0 Å². The van der Waals surface area contributed by atoms with Gasteiger partial charge in [-0.3, -0.25) is 0 Å². The van der Waals surface area contributed by atoms with E-state index in [4.69, 9.17) is 0 Å². The van der Waals surface area contributed by atoms with E-state index in [0.29, 0.717) is 11.8 Å². The van der Waals surface area contributed by atoms with E-state index in [1.807, 2.05) is 0 Å². The highest BCUT2D eigenvalue weighted by Gasteiger charge is 2.16. The number of thioether (sulfide) groups is 1. The molecule has 0 aromatic heterocycles. The third-order valence-corrected chi connectivity index (χ3v) is 1.08. The van der Waals surface area contributed by atoms with Crippen LogP contribution in [0.4, 0.5) is 8.78 Å². The van der Waals surface area contributed by atoms with Gasteiger partial charge in [0.1, 0.15) is 0 Å². The first-order chi connectivity index (χ1) is 2.56. The van der Waals surface area contributed by atoms with Gasteiger partial charge in [0, 0.05) is 6.92 Å². The summed E-state index contributed by atoms with van der Waals surface area (Å²) >= 11 is 0.549. The molecule has 0 radical (unpaired) electrons. The van der Waals surface area contributed by atoms with Gasteiger partial charge in [-0.1, -0.05) is 11.8 Å². The minimum Gasteiger partial charge on any atom is -0.195 e. The van der Waals surface area contributed by atoms with Crippen LogP contribution >= 0.6 is 11.8 Å². The Balaban J connectivity index is 3.17. The van der Waals surface area contributed by atoms with Gasteiger partial charge in [-0.25, -0.2) is 0 Å². The fourth-order valence-corrected chi connectivity index (χ4v) is 0. The molecule has 0 aliphatic rings. The summed E-state index contributed by atoms with van der Waals surface area (Å²) in [6.45, 7) is 0.873. The largest absolute Gasteiger partial charge is 0.290 e. The van der Waals surface area contributed by atoms with E-state index in [-0.39, 0.29) is 0 Å².